The Morgan fingerprint density at radius 1 is 0.905 bits per heavy atom. The molecule has 0 atom stereocenters. The van der Waals surface area contributed by atoms with Gasteiger partial charge in [-0.2, -0.15) is 0 Å². The molecule has 0 aromatic heterocycles. The molecular weight excluding hydrogens is 262 g/mol. The molecule has 112 valence electrons. The Hall–Kier alpha value is -2.00. The Morgan fingerprint density at radius 2 is 1.52 bits per heavy atom. The van der Waals surface area contributed by atoms with E-state index in [9.17, 15) is 0 Å². The highest BCUT2D eigenvalue weighted by Gasteiger charge is 2.03. The Labute approximate surface area is 126 Å². The Bertz CT molecular complexity index is 549. The maximum absolute atomic E-state index is 5.81. The molecule has 2 aromatic rings. The van der Waals surface area contributed by atoms with Crippen molar-refractivity contribution in [1.29, 1.82) is 0 Å². The third kappa shape index (κ3) is 4.80. The normalized spacial score (nSPS) is 10.7. The van der Waals surface area contributed by atoms with E-state index in [-0.39, 0.29) is 0 Å². The van der Waals surface area contributed by atoms with Crippen LogP contribution in [0.25, 0.3) is 0 Å². The second-order valence-corrected chi connectivity index (χ2v) is 5.29. The third-order valence-electron chi connectivity index (χ3n) is 3.20. The van der Waals surface area contributed by atoms with Gasteiger partial charge in [-0.1, -0.05) is 50.2 Å². The van der Waals surface area contributed by atoms with Gasteiger partial charge < -0.3 is 14.8 Å². The van der Waals surface area contributed by atoms with Gasteiger partial charge in [0, 0.05) is 12.6 Å². The van der Waals surface area contributed by atoms with Crippen molar-refractivity contribution in [3.8, 4) is 11.5 Å². The van der Waals surface area contributed by atoms with E-state index in [2.05, 4.69) is 43.4 Å². The van der Waals surface area contributed by atoms with Gasteiger partial charge >= 0.3 is 0 Å². The van der Waals surface area contributed by atoms with Crippen LogP contribution in [0.1, 0.15) is 25.0 Å². The van der Waals surface area contributed by atoms with Crippen molar-refractivity contribution in [2.75, 3.05) is 7.11 Å². The van der Waals surface area contributed by atoms with Crippen LogP contribution in [0.5, 0.6) is 11.5 Å². The van der Waals surface area contributed by atoms with E-state index < -0.39 is 0 Å². The van der Waals surface area contributed by atoms with Gasteiger partial charge in [-0.3, -0.25) is 0 Å². The minimum absolute atomic E-state index is 0.499. The summed E-state index contributed by atoms with van der Waals surface area (Å²) in [5.41, 5.74) is 2.43. The van der Waals surface area contributed by atoms with Crippen molar-refractivity contribution in [3.63, 3.8) is 0 Å². The van der Waals surface area contributed by atoms with Crippen molar-refractivity contribution >= 4 is 0 Å². The highest BCUT2D eigenvalue weighted by molar-refractivity contribution is 5.39. The lowest BCUT2D eigenvalue weighted by atomic mass is 10.1. The van der Waals surface area contributed by atoms with Crippen molar-refractivity contribution < 1.29 is 9.47 Å². The number of methoxy groups -OCH3 is 1. The van der Waals surface area contributed by atoms with Gasteiger partial charge in [-0.15, -0.1) is 0 Å². The molecule has 0 spiro atoms. The van der Waals surface area contributed by atoms with Crippen LogP contribution in [-0.2, 0) is 13.2 Å². The predicted molar refractivity (Wildman–Crippen MR) is 85.7 cm³/mol. The summed E-state index contributed by atoms with van der Waals surface area (Å²) in [5, 5.41) is 3.41. The fourth-order valence-electron chi connectivity index (χ4n) is 1.97. The van der Waals surface area contributed by atoms with Gasteiger partial charge in [0.25, 0.3) is 0 Å². The second-order valence-electron chi connectivity index (χ2n) is 5.29. The van der Waals surface area contributed by atoms with Gasteiger partial charge in [0.15, 0.2) is 11.5 Å². The van der Waals surface area contributed by atoms with Crippen LogP contribution in [0.4, 0.5) is 0 Å². The lowest BCUT2D eigenvalue weighted by molar-refractivity contribution is 0.284. The fourth-order valence-corrected chi connectivity index (χ4v) is 1.97. The number of ether oxygens (including phenoxy) is 2. The molecule has 0 radical (unpaired) electrons. The van der Waals surface area contributed by atoms with E-state index in [0.717, 1.165) is 23.6 Å². The molecule has 21 heavy (non-hydrogen) atoms. The minimum Gasteiger partial charge on any atom is -0.493 e. The molecule has 2 aromatic carbocycles. The van der Waals surface area contributed by atoms with Crippen LogP contribution in [0.2, 0.25) is 0 Å². The summed E-state index contributed by atoms with van der Waals surface area (Å²) in [6.45, 7) is 5.73. The van der Waals surface area contributed by atoms with E-state index in [4.69, 9.17) is 9.47 Å². The van der Waals surface area contributed by atoms with Crippen LogP contribution in [0.3, 0.4) is 0 Å². The van der Waals surface area contributed by atoms with E-state index >= 15 is 0 Å². The molecule has 0 aliphatic carbocycles. The van der Waals surface area contributed by atoms with E-state index in [1.165, 1.54) is 5.56 Å². The van der Waals surface area contributed by atoms with Gasteiger partial charge in [-0.05, 0) is 23.3 Å². The van der Waals surface area contributed by atoms with Crippen LogP contribution in [0, 0.1) is 0 Å². The molecule has 0 aliphatic heterocycles. The smallest absolute Gasteiger partial charge is 0.161 e. The highest BCUT2D eigenvalue weighted by atomic mass is 16.5. The van der Waals surface area contributed by atoms with Crippen LogP contribution >= 0.6 is 0 Å². The maximum Gasteiger partial charge on any atom is 0.161 e. The first kappa shape index (κ1) is 15.4. The van der Waals surface area contributed by atoms with Crippen molar-refractivity contribution in [1.82, 2.24) is 5.32 Å². The number of hydrogen-bond acceptors (Lipinski definition) is 3. The van der Waals surface area contributed by atoms with E-state index in [0.29, 0.717) is 12.6 Å². The average molecular weight is 285 g/mol. The largest absolute Gasteiger partial charge is 0.493 e. The number of rotatable bonds is 7. The van der Waals surface area contributed by atoms with Crippen molar-refractivity contribution in [2.24, 2.45) is 0 Å². The van der Waals surface area contributed by atoms with Crippen LogP contribution in [0.15, 0.2) is 48.5 Å². The molecule has 0 aliphatic rings. The summed E-state index contributed by atoms with van der Waals surface area (Å²) in [4.78, 5) is 0. The summed E-state index contributed by atoms with van der Waals surface area (Å²) < 4.78 is 11.1. The molecule has 0 saturated heterocycles. The number of para-hydroxylation sites is 2. The summed E-state index contributed by atoms with van der Waals surface area (Å²) in [5.74, 6) is 1.53. The predicted octanol–water partition coefficient (Wildman–Crippen LogP) is 3.77. The Kier molecular flexibility index (Phi) is 5.64. The lowest BCUT2D eigenvalue weighted by Gasteiger charge is -2.11. The topological polar surface area (TPSA) is 30.5 Å². The van der Waals surface area contributed by atoms with Crippen LogP contribution < -0.4 is 14.8 Å². The molecule has 0 heterocycles. The van der Waals surface area contributed by atoms with Crippen molar-refractivity contribution in [3.05, 3.63) is 59.7 Å². The highest BCUT2D eigenvalue weighted by Crippen LogP contribution is 2.26. The van der Waals surface area contributed by atoms with Gasteiger partial charge in [-0.25, -0.2) is 0 Å². The second kappa shape index (κ2) is 7.70. The zero-order valence-electron chi connectivity index (χ0n) is 12.9. The van der Waals surface area contributed by atoms with Gasteiger partial charge in [0.2, 0.25) is 0 Å². The van der Waals surface area contributed by atoms with Crippen LogP contribution in [-0.4, -0.2) is 13.2 Å². The molecule has 0 unspecified atom stereocenters. The minimum atomic E-state index is 0.499. The van der Waals surface area contributed by atoms with E-state index in [1.54, 1.807) is 7.11 Å². The Balaban J connectivity index is 1.91. The molecule has 3 heteroatoms. The summed E-state index contributed by atoms with van der Waals surface area (Å²) in [6.07, 6.45) is 0. The summed E-state index contributed by atoms with van der Waals surface area (Å²) in [7, 11) is 1.65. The average Bonchev–Trinajstić information content (AvgIpc) is 2.52. The standard InChI is InChI=1S/C18H23NO2/c1-14(2)19-12-15-8-10-16(11-9-15)13-21-18-7-5-4-6-17(18)20-3/h4-11,14,19H,12-13H2,1-3H3. The quantitative estimate of drug-likeness (QED) is 0.840. The first-order chi connectivity index (χ1) is 10.2. The van der Waals surface area contributed by atoms with E-state index in [1.807, 2.05) is 24.3 Å². The zero-order chi connectivity index (χ0) is 15.1. The Morgan fingerprint density at radius 3 is 2.14 bits per heavy atom. The first-order valence-corrected chi connectivity index (χ1v) is 7.26. The number of benzene rings is 2. The number of hydrogen-bond donors (Lipinski definition) is 1. The van der Waals surface area contributed by atoms with Gasteiger partial charge in [0.05, 0.1) is 7.11 Å². The molecule has 1 N–H and O–H groups in total. The molecular formula is C18H23NO2. The molecule has 0 amide bonds. The SMILES string of the molecule is COc1ccccc1OCc1ccc(CNC(C)C)cc1. The molecule has 2 rings (SSSR count). The molecule has 3 nitrogen and oxygen atoms in total. The summed E-state index contributed by atoms with van der Waals surface area (Å²) >= 11 is 0. The zero-order valence-corrected chi connectivity index (χ0v) is 12.9. The first-order valence-electron chi connectivity index (χ1n) is 7.26. The number of nitrogens with one attached hydrogen (secondary N) is 1. The molecule has 0 fully saturated rings. The maximum atomic E-state index is 5.81. The third-order valence-corrected chi connectivity index (χ3v) is 3.20. The summed E-state index contributed by atoms with van der Waals surface area (Å²) in [6, 6.07) is 16.7. The lowest BCUT2D eigenvalue weighted by Crippen LogP contribution is -2.21. The molecule has 0 bridgehead atoms. The van der Waals surface area contributed by atoms with Crippen molar-refractivity contribution in [2.45, 2.75) is 33.0 Å². The molecule has 0 saturated carbocycles. The fraction of sp³-hybridized carbons (Fsp3) is 0.333. The monoisotopic (exact) mass is 285 g/mol. The van der Waals surface area contributed by atoms with Gasteiger partial charge in [0.1, 0.15) is 6.61 Å².